The summed E-state index contributed by atoms with van der Waals surface area (Å²) >= 11 is 0. The molecule has 1 aromatic carbocycles. The molecular formula is C11H11F3. The van der Waals surface area contributed by atoms with E-state index >= 15 is 0 Å². The Hall–Kier alpha value is -1.25. The van der Waals surface area contributed by atoms with Gasteiger partial charge in [0.05, 0.1) is 0 Å². The lowest BCUT2D eigenvalue weighted by atomic mass is 10.0. The predicted octanol–water partition coefficient (Wildman–Crippen LogP) is 4.04. The van der Waals surface area contributed by atoms with Crippen molar-refractivity contribution in [2.45, 2.75) is 19.0 Å². The third-order valence-corrected chi connectivity index (χ3v) is 1.89. The van der Waals surface area contributed by atoms with Gasteiger partial charge in [0.25, 0.3) is 0 Å². The Bertz CT molecular complexity index is 298. The van der Waals surface area contributed by atoms with Crippen molar-refractivity contribution in [2.75, 3.05) is 0 Å². The first-order valence-electron chi connectivity index (χ1n) is 4.29. The molecule has 0 atom stereocenters. The van der Waals surface area contributed by atoms with E-state index in [0.717, 1.165) is 5.56 Å². The van der Waals surface area contributed by atoms with Crippen molar-refractivity contribution in [1.82, 2.24) is 0 Å². The molecule has 0 saturated carbocycles. The number of benzene rings is 1. The second kappa shape index (κ2) is 4.31. The number of hydrogen-bond acceptors (Lipinski definition) is 0. The Morgan fingerprint density at radius 2 is 1.71 bits per heavy atom. The highest BCUT2D eigenvalue weighted by Crippen LogP contribution is 2.26. The summed E-state index contributed by atoms with van der Waals surface area (Å²) in [7, 11) is 0. The minimum Gasteiger partial charge on any atom is -0.171 e. The molecule has 1 aromatic rings. The molecule has 0 unspecified atom stereocenters. The van der Waals surface area contributed by atoms with E-state index in [4.69, 9.17) is 0 Å². The van der Waals surface area contributed by atoms with Crippen molar-refractivity contribution in [3.8, 4) is 0 Å². The van der Waals surface area contributed by atoms with E-state index in [1.807, 2.05) is 6.07 Å². The van der Waals surface area contributed by atoms with Gasteiger partial charge in [-0.1, -0.05) is 36.9 Å². The molecular weight excluding hydrogens is 189 g/mol. The van der Waals surface area contributed by atoms with Crippen LogP contribution in [0.4, 0.5) is 13.2 Å². The second-order valence-corrected chi connectivity index (χ2v) is 3.08. The zero-order valence-electron chi connectivity index (χ0n) is 7.64. The van der Waals surface area contributed by atoms with E-state index in [2.05, 4.69) is 6.58 Å². The first-order valence-corrected chi connectivity index (χ1v) is 4.29. The van der Waals surface area contributed by atoms with Crippen LogP contribution in [0.3, 0.4) is 0 Å². The summed E-state index contributed by atoms with van der Waals surface area (Å²) in [4.78, 5) is 0. The maximum Gasteiger partial charge on any atom is 0.389 e. The molecule has 0 radical (unpaired) electrons. The first kappa shape index (κ1) is 10.8. The maximum absolute atomic E-state index is 11.9. The molecule has 0 aliphatic heterocycles. The van der Waals surface area contributed by atoms with Crippen LogP contribution in [0.25, 0.3) is 5.57 Å². The van der Waals surface area contributed by atoms with Gasteiger partial charge in [0.1, 0.15) is 0 Å². The molecule has 0 aliphatic rings. The van der Waals surface area contributed by atoms with Crippen LogP contribution in [0.2, 0.25) is 0 Å². The zero-order chi connectivity index (χ0) is 10.6. The average molecular weight is 200 g/mol. The Morgan fingerprint density at radius 3 is 2.21 bits per heavy atom. The molecule has 0 fully saturated rings. The van der Waals surface area contributed by atoms with Gasteiger partial charge in [0.2, 0.25) is 0 Å². The molecule has 0 heterocycles. The van der Waals surface area contributed by atoms with Crippen LogP contribution in [0.15, 0.2) is 36.9 Å². The summed E-state index contributed by atoms with van der Waals surface area (Å²) in [5, 5.41) is 0. The SMILES string of the molecule is C=C(CCC(F)(F)F)c1ccccc1. The largest absolute Gasteiger partial charge is 0.389 e. The molecule has 0 aromatic heterocycles. The fourth-order valence-electron chi connectivity index (χ4n) is 1.11. The third-order valence-electron chi connectivity index (χ3n) is 1.89. The summed E-state index contributed by atoms with van der Waals surface area (Å²) < 4.78 is 35.7. The van der Waals surface area contributed by atoms with Gasteiger partial charge in [-0.2, -0.15) is 13.2 Å². The number of allylic oxidation sites excluding steroid dienone is 1. The fourth-order valence-corrected chi connectivity index (χ4v) is 1.11. The topological polar surface area (TPSA) is 0 Å². The molecule has 0 saturated heterocycles. The van der Waals surface area contributed by atoms with Crippen molar-refractivity contribution < 1.29 is 13.2 Å². The highest BCUT2D eigenvalue weighted by molar-refractivity contribution is 5.62. The van der Waals surface area contributed by atoms with Gasteiger partial charge in [-0.05, 0) is 17.6 Å². The van der Waals surface area contributed by atoms with Gasteiger partial charge < -0.3 is 0 Å². The highest BCUT2D eigenvalue weighted by Gasteiger charge is 2.26. The van der Waals surface area contributed by atoms with Crippen molar-refractivity contribution in [3.63, 3.8) is 0 Å². The van der Waals surface area contributed by atoms with Gasteiger partial charge in [-0.25, -0.2) is 0 Å². The molecule has 1 rings (SSSR count). The highest BCUT2D eigenvalue weighted by atomic mass is 19.4. The van der Waals surface area contributed by atoms with Gasteiger partial charge in [0.15, 0.2) is 0 Å². The van der Waals surface area contributed by atoms with E-state index in [0.29, 0.717) is 5.57 Å². The molecule has 0 N–H and O–H groups in total. The smallest absolute Gasteiger partial charge is 0.171 e. The van der Waals surface area contributed by atoms with E-state index in [1.165, 1.54) is 0 Å². The monoisotopic (exact) mass is 200 g/mol. The molecule has 0 amide bonds. The Labute approximate surface area is 81.1 Å². The minimum atomic E-state index is -4.10. The first-order chi connectivity index (χ1) is 6.49. The van der Waals surface area contributed by atoms with Crippen LogP contribution >= 0.6 is 0 Å². The molecule has 3 heteroatoms. The summed E-state index contributed by atoms with van der Waals surface area (Å²) in [5.41, 5.74) is 1.31. The van der Waals surface area contributed by atoms with Crippen molar-refractivity contribution in [2.24, 2.45) is 0 Å². The molecule has 0 bridgehead atoms. The van der Waals surface area contributed by atoms with E-state index in [9.17, 15) is 13.2 Å². The summed E-state index contributed by atoms with van der Waals surface area (Å²) in [6, 6.07) is 8.92. The fraction of sp³-hybridized carbons (Fsp3) is 0.273. The third kappa shape index (κ3) is 3.64. The molecule has 0 nitrogen and oxygen atoms in total. The lowest BCUT2D eigenvalue weighted by molar-refractivity contribution is -0.133. The maximum atomic E-state index is 11.9. The molecule has 76 valence electrons. The molecule has 0 aliphatic carbocycles. The minimum absolute atomic E-state index is 0.0342. The van der Waals surface area contributed by atoms with E-state index in [1.54, 1.807) is 24.3 Å². The Balaban J connectivity index is 2.52. The number of rotatable bonds is 3. The Morgan fingerprint density at radius 1 is 1.14 bits per heavy atom. The van der Waals surface area contributed by atoms with Crippen molar-refractivity contribution in [3.05, 3.63) is 42.5 Å². The Kier molecular flexibility index (Phi) is 3.33. The normalized spacial score (nSPS) is 11.4. The summed E-state index contributed by atoms with van der Waals surface area (Å²) in [5.74, 6) is 0. The summed E-state index contributed by atoms with van der Waals surface area (Å²) in [6.07, 6.45) is -4.94. The second-order valence-electron chi connectivity index (χ2n) is 3.08. The van der Waals surface area contributed by atoms with Crippen molar-refractivity contribution in [1.29, 1.82) is 0 Å². The zero-order valence-corrected chi connectivity index (χ0v) is 7.64. The van der Waals surface area contributed by atoms with Gasteiger partial charge in [0, 0.05) is 6.42 Å². The molecule has 0 spiro atoms. The summed E-state index contributed by atoms with van der Waals surface area (Å²) in [6.45, 7) is 3.63. The van der Waals surface area contributed by atoms with Gasteiger partial charge in [-0.15, -0.1) is 0 Å². The van der Waals surface area contributed by atoms with Crippen molar-refractivity contribution >= 4 is 5.57 Å². The van der Waals surface area contributed by atoms with Gasteiger partial charge >= 0.3 is 6.18 Å². The lowest BCUT2D eigenvalue weighted by Crippen LogP contribution is -2.06. The van der Waals surface area contributed by atoms with Crippen LogP contribution in [0.1, 0.15) is 18.4 Å². The van der Waals surface area contributed by atoms with Gasteiger partial charge in [-0.3, -0.25) is 0 Å². The van der Waals surface area contributed by atoms with Crippen LogP contribution in [-0.4, -0.2) is 6.18 Å². The quantitative estimate of drug-likeness (QED) is 0.690. The number of halogens is 3. The van der Waals surface area contributed by atoms with Crippen LogP contribution < -0.4 is 0 Å². The van der Waals surface area contributed by atoms with E-state index < -0.39 is 12.6 Å². The standard InChI is InChI=1S/C11H11F3/c1-9(7-8-11(12,13)14)10-5-3-2-4-6-10/h2-6H,1,7-8H2. The number of hydrogen-bond donors (Lipinski definition) is 0. The van der Waals surface area contributed by atoms with E-state index in [-0.39, 0.29) is 6.42 Å². The van der Waals surface area contributed by atoms with Crippen LogP contribution in [-0.2, 0) is 0 Å². The number of alkyl halides is 3. The van der Waals surface area contributed by atoms with Crippen LogP contribution in [0, 0.1) is 0 Å². The van der Waals surface area contributed by atoms with Crippen LogP contribution in [0.5, 0.6) is 0 Å². The average Bonchev–Trinajstić information content (AvgIpc) is 2.14. The molecule has 14 heavy (non-hydrogen) atoms. The predicted molar refractivity (Wildman–Crippen MR) is 50.8 cm³/mol. The lowest BCUT2D eigenvalue weighted by Gasteiger charge is -2.08.